The van der Waals surface area contributed by atoms with E-state index in [2.05, 4.69) is 15.1 Å². The summed E-state index contributed by atoms with van der Waals surface area (Å²) < 4.78 is 19.4. The summed E-state index contributed by atoms with van der Waals surface area (Å²) in [6, 6.07) is 8.14. The van der Waals surface area contributed by atoms with Gasteiger partial charge in [0.05, 0.1) is 5.92 Å². The Labute approximate surface area is 156 Å². The maximum absolute atomic E-state index is 14.0. The molecule has 1 saturated heterocycles. The molecule has 1 amide bonds. The number of aromatic nitrogens is 3. The molecule has 3 aromatic rings. The van der Waals surface area contributed by atoms with Gasteiger partial charge in [-0.2, -0.15) is 4.98 Å². The number of hydrogen-bond acceptors (Lipinski definition) is 5. The second kappa shape index (κ2) is 7.06. The Hall–Kier alpha value is -2.83. The van der Waals surface area contributed by atoms with Crippen molar-refractivity contribution in [2.45, 2.75) is 38.5 Å². The number of para-hydroxylation sites is 1. The zero-order valence-electron chi connectivity index (χ0n) is 15.4. The molecule has 7 heteroatoms. The van der Waals surface area contributed by atoms with E-state index in [1.54, 1.807) is 29.2 Å². The lowest BCUT2D eigenvalue weighted by Gasteiger charge is -2.30. The number of nitrogens with zero attached hydrogens (tertiary/aromatic N) is 4. The lowest BCUT2D eigenvalue weighted by Crippen LogP contribution is -2.39. The quantitative estimate of drug-likeness (QED) is 0.701. The smallest absolute Gasteiger partial charge is 0.272 e. The molecule has 4 rings (SSSR count). The van der Waals surface area contributed by atoms with Gasteiger partial charge in [-0.1, -0.05) is 37.2 Å². The van der Waals surface area contributed by atoms with E-state index in [-0.39, 0.29) is 29.0 Å². The number of amides is 1. The van der Waals surface area contributed by atoms with Gasteiger partial charge in [0.2, 0.25) is 5.89 Å². The normalized spacial score (nSPS) is 17.6. The summed E-state index contributed by atoms with van der Waals surface area (Å²) >= 11 is 0. The molecule has 0 spiro atoms. The minimum Gasteiger partial charge on any atom is -0.339 e. The molecule has 27 heavy (non-hydrogen) atoms. The van der Waals surface area contributed by atoms with Crippen LogP contribution in [0.25, 0.3) is 10.9 Å². The number of fused-ring (bicyclic) bond motifs is 1. The number of pyridine rings is 1. The molecule has 3 heterocycles. The minimum absolute atomic E-state index is 0.0138. The first-order valence-corrected chi connectivity index (χ1v) is 9.21. The number of halogens is 1. The van der Waals surface area contributed by atoms with Gasteiger partial charge in [0.1, 0.15) is 17.0 Å². The number of carbonyl (C=O) groups is 1. The first-order valence-electron chi connectivity index (χ1n) is 9.21. The molecule has 0 aliphatic carbocycles. The van der Waals surface area contributed by atoms with Crippen LogP contribution in [0.5, 0.6) is 0 Å². The first-order chi connectivity index (χ1) is 13.0. The van der Waals surface area contributed by atoms with E-state index in [9.17, 15) is 9.18 Å². The summed E-state index contributed by atoms with van der Waals surface area (Å²) in [5, 5.41) is 4.70. The van der Waals surface area contributed by atoms with E-state index >= 15 is 0 Å². The summed E-state index contributed by atoms with van der Waals surface area (Å²) in [6.45, 7) is 5.15. The molecule has 1 aliphatic heterocycles. The van der Waals surface area contributed by atoms with E-state index in [1.165, 1.54) is 6.07 Å². The fourth-order valence-electron chi connectivity index (χ4n) is 3.40. The number of hydrogen-bond donors (Lipinski definition) is 0. The summed E-state index contributed by atoms with van der Waals surface area (Å²) in [5.74, 6) is 0.841. The zero-order valence-corrected chi connectivity index (χ0v) is 15.4. The molecule has 1 atom stereocenters. The van der Waals surface area contributed by atoms with Crippen molar-refractivity contribution >= 4 is 16.8 Å². The zero-order chi connectivity index (χ0) is 19.0. The monoisotopic (exact) mass is 368 g/mol. The van der Waals surface area contributed by atoms with Crippen LogP contribution in [0, 0.1) is 5.82 Å². The highest BCUT2D eigenvalue weighted by Gasteiger charge is 2.30. The van der Waals surface area contributed by atoms with Gasteiger partial charge in [0.25, 0.3) is 5.91 Å². The molecule has 1 aromatic carbocycles. The molecule has 1 unspecified atom stereocenters. The third kappa shape index (κ3) is 3.41. The Morgan fingerprint density at radius 3 is 2.89 bits per heavy atom. The van der Waals surface area contributed by atoms with Crippen molar-refractivity contribution in [3.63, 3.8) is 0 Å². The van der Waals surface area contributed by atoms with Crippen molar-refractivity contribution < 1.29 is 13.7 Å². The second-order valence-electron chi connectivity index (χ2n) is 7.24. The van der Waals surface area contributed by atoms with Crippen molar-refractivity contribution in [2.24, 2.45) is 0 Å². The van der Waals surface area contributed by atoms with Crippen molar-refractivity contribution in [2.75, 3.05) is 13.1 Å². The molecule has 0 saturated carbocycles. The summed E-state index contributed by atoms with van der Waals surface area (Å²) in [4.78, 5) is 23.4. The Morgan fingerprint density at radius 1 is 1.26 bits per heavy atom. The van der Waals surface area contributed by atoms with Crippen LogP contribution in [-0.2, 0) is 0 Å². The molecule has 1 fully saturated rings. The van der Waals surface area contributed by atoms with Gasteiger partial charge < -0.3 is 9.42 Å². The molecule has 0 radical (unpaired) electrons. The van der Waals surface area contributed by atoms with Crippen molar-refractivity contribution in [1.29, 1.82) is 0 Å². The van der Waals surface area contributed by atoms with E-state index in [0.717, 1.165) is 12.8 Å². The van der Waals surface area contributed by atoms with Gasteiger partial charge >= 0.3 is 0 Å². The third-order valence-electron chi connectivity index (χ3n) is 4.92. The number of rotatable bonds is 3. The summed E-state index contributed by atoms with van der Waals surface area (Å²) in [7, 11) is 0. The lowest BCUT2D eigenvalue weighted by molar-refractivity contribution is 0.0690. The molecule has 2 aromatic heterocycles. The first kappa shape index (κ1) is 17.6. The van der Waals surface area contributed by atoms with Crippen LogP contribution in [0.2, 0.25) is 0 Å². The maximum Gasteiger partial charge on any atom is 0.272 e. The van der Waals surface area contributed by atoms with Gasteiger partial charge in [-0.25, -0.2) is 9.37 Å². The highest BCUT2D eigenvalue weighted by atomic mass is 19.1. The third-order valence-corrected chi connectivity index (χ3v) is 4.92. The molecular weight excluding hydrogens is 347 g/mol. The van der Waals surface area contributed by atoms with E-state index in [1.807, 2.05) is 13.8 Å². The van der Waals surface area contributed by atoms with Crippen molar-refractivity contribution in [3.05, 3.63) is 53.6 Å². The van der Waals surface area contributed by atoms with Gasteiger partial charge in [-0.3, -0.25) is 4.79 Å². The van der Waals surface area contributed by atoms with Crippen molar-refractivity contribution in [1.82, 2.24) is 20.0 Å². The van der Waals surface area contributed by atoms with Crippen LogP contribution >= 0.6 is 0 Å². The van der Waals surface area contributed by atoms with Crippen LogP contribution in [-0.4, -0.2) is 39.0 Å². The van der Waals surface area contributed by atoms with Crippen LogP contribution in [0.4, 0.5) is 4.39 Å². The van der Waals surface area contributed by atoms with Crippen molar-refractivity contribution in [3.8, 4) is 0 Å². The topological polar surface area (TPSA) is 72.1 Å². The van der Waals surface area contributed by atoms with Crippen LogP contribution < -0.4 is 0 Å². The minimum atomic E-state index is -0.425. The average molecular weight is 368 g/mol. The van der Waals surface area contributed by atoms with E-state index in [4.69, 9.17) is 4.52 Å². The van der Waals surface area contributed by atoms with Crippen LogP contribution in [0.15, 0.2) is 34.9 Å². The second-order valence-corrected chi connectivity index (χ2v) is 7.24. The lowest BCUT2D eigenvalue weighted by atomic mass is 9.97. The van der Waals surface area contributed by atoms with Gasteiger partial charge in [-0.05, 0) is 25.0 Å². The van der Waals surface area contributed by atoms with Gasteiger partial charge in [-0.15, -0.1) is 0 Å². The van der Waals surface area contributed by atoms with E-state index < -0.39 is 5.82 Å². The highest BCUT2D eigenvalue weighted by Crippen LogP contribution is 2.28. The maximum atomic E-state index is 14.0. The highest BCUT2D eigenvalue weighted by molar-refractivity contribution is 5.95. The Kier molecular flexibility index (Phi) is 4.59. The predicted octanol–water partition coefficient (Wildman–Crippen LogP) is 3.90. The number of likely N-dealkylation sites (tertiary alicyclic amines) is 1. The fourth-order valence-corrected chi connectivity index (χ4v) is 3.40. The molecule has 140 valence electrons. The number of carbonyl (C=O) groups excluding carboxylic acids is 1. The molecular formula is C20H21FN4O2. The Balaban J connectivity index is 1.55. The SMILES string of the molecule is CC(C)c1noc(C2CCCN(C(=O)c3ccc4cccc(F)c4n3)C2)n1. The predicted molar refractivity (Wildman–Crippen MR) is 98.0 cm³/mol. The summed E-state index contributed by atoms with van der Waals surface area (Å²) in [6.07, 6.45) is 1.74. The number of piperidine rings is 1. The fraction of sp³-hybridized carbons (Fsp3) is 0.400. The number of benzene rings is 1. The van der Waals surface area contributed by atoms with Gasteiger partial charge in [0.15, 0.2) is 5.82 Å². The van der Waals surface area contributed by atoms with E-state index in [0.29, 0.717) is 30.2 Å². The summed E-state index contributed by atoms with van der Waals surface area (Å²) in [5.41, 5.74) is 0.469. The van der Waals surface area contributed by atoms with Gasteiger partial charge in [0, 0.05) is 24.4 Å². The molecule has 0 N–H and O–H groups in total. The average Bonchev–Trinajstić information content (AvgIpc) is 3.18. The standard InChI is InChI=1S/C20H21FN4O2/c1-12(2)18-23-19(27-24-18)14-6-4-10-25(11-14)20(26)16-9-8-13-5-3-7-15(21)17(13)22-16/h3,5,7-9,12,14H,4,6,10-11H2,1-2H3. The largest absolute Gasteiger partial charge is 0.339 e. The molecule has 1 aliphatic rings. The molecule has 6 nitrogen and oxygen atoms in total. The van der Waals surface area contributed by atoms with Crippen LogP contribution in [0.3, 0.4) is 0 Å². The molecule has 0 bridgehead atoms. The van der Waals surface area contributed by atoms with Crippen LogP contribution in [0.1, 0.15) is 60.7 Å². The Morgan fingerprint density at radius 2 is 2.11 bits per heavy atom. The Bertz CT molecular complexity index is 985.